The molecule has 0 fully saturated rings. The van der Waals surface area contributed by atoms with Crippen molar-refractivity contribution in [2.24, 2.45) is 0 Å². The minimum absolute atomic E-state index is 0.362. The summed E-state index contributed by atoms with van der Waals surface area (Å²) in [6, 6.07) is 6.49. The normalized spacial score (nSPS) is 11.1. The van der Waals surface area contributed by atoms with Crippen LogP contribution in [-0.4, -0.2) is 13.1 Å². The van der Waals surface area contributed by atoms with E-state index in [0.717, 1.165) is 0 Å². The summed E-state index contributed by atoms with van der Waals surface area (Å²) >= 11 is 0. The van der Waals surface area contributed by atoms with Gasteiger partial charge in [0.25, 0.3) is 0 Å². The van der Waals surface area contributed by atoms with Crippen LogP contribution in [0.3, 0.4) is 0 Å². The van der Waals surface area contributed by atoms with Gasteiger partial charge in [-0.3, -0.25) is 0 Å². The van der Waals surface area contributed by atoms with Gasteiger partial charge in [0.15, 0.2) is 0 Å². The molecule has 0 aliphatic rings. The third-order valence-corrected chi connectivity index (χ3v) is 2.44. The van der Waals surface area contributed by atoms with E-state index in [2.05, 4.69) is 6.07 Å². The number of hydrogen-bond acceptors (Lipinski definition) is 2. The Hall–Kier alpha value is -1.70. The molecule has 0 aromatic heterocycles. The van der Waals surface area contributed by atoms with Gasteiger partial charge in [-0.05, 0) is 26.0 Å². The van der Waals surface area contributed by atoms with Crippen LogP contribution in [0.2, 0.25) is 0 Å². The average molecular weight is 241 g/mol. The van der Waals surface area contributed by atoms with Crippen molar-refractivity contribution in [3.8, 4) is 6.07 Å². The molecule has 0 unspecified atom stereocenters. The number of rotatable bonds is 3. The number of nitrogens with zero attached hydrogens (tertiary/aromatic N) is 2. The van der Waals surface area contributed by atoms with E-state index in [0.29, 0.717) is 18.8 Å². The van der Waals surface area contributed by atoms with Crippen molar-refractivity contribution in [1.82, 2.24) is 0 Å². The van der Waals surface area contributed by atoms with Crippen LogP contribution in [0, 0.1) is 17.4 Å². The van der Waals surface area contributed by atoms with Crippen LogP contribution in [0.25, 0.3) is 0 Å². The van der Waals surface area contributed by atoms with Crippen LogP contribution in [0.5, 0.6) is 0 Å². The summed E-state index contributed by atoms with van der Waals surface area (Å²) in [6.07, 6.45) is -4.55. The molecule has 1 aromatic carbocycles. The molecule has 5 heteroatoms. The Bertz CT molecular complexity index is 428. The molecular weight excluding hydrogens is 229 g/mol. The molecule has 91 valence electrons. The minimum atomic E-state index is -4.55. The lowest BCUT2D eigenvalue weighted by Crippen LogP contribution is -2.22. The lowest BCUT2D eigenvalue weighted by Gasteiger charge is -2.22. The second-order valence-corrected chi connectivity index (χ2v) is 3.41. The largest absolute Gasteiger partial charge is 0.418 e. The molecule has 0 aliphatic carbocycles. The van der Waals surface area contributed by atoms with Gasteiger partial charge in [0.05, 0.1) is 17.2 Å². The van der Waals surface area contributed by atoms with Crippen molar-refractivity contribution >= 4 is 5.69 Å². The van der Waals surface area contributed by atoms with E-state index in [-0.39, 0.29) is 0 Å². The van der Waals surface area contributed by atoms with Gasteiger partial charge in [0.2, 0.25) is 0 Å². The summed E-state index contributed by atoms with van der Waals surface area (Å²) < 4.78 is 38.1. The van der Waals surface area contributed by atoms with Crippen LogP contribution in [0.4, 0.5) is 18.9 Å². The van der Waals surface area contributed by atoms with E-state index in [9.17, 15) is 13.2 Å². The van der Waals surface area contributed by atoms with Crippen LogP contribution >= 0.6 is 0 Å². The molecule has 1 rings (SSSR count). The highest BCUT2D eigenvalue weighted by atomic mass is 19.4. The van der Waals surface area contributed by atoms with Gasteiger partial charge in [-0.2, -0.15) is 18.4 Å². The molecule has 0 heterocycles. The topological polar surface area (TPSA) is 27.0 Å². The predicted molar refractivity (Wildman–Crippen MR) is 58.6 cm³/mol. The highest BCUT2D eigenvalue weighted by molar-refractivity contribution is 5.53. The van der Waals surface area contributed by atoms with Gasteiger partial charge < -0.3 is 4.90 Å². The second kappa shape index (κ2) is 5.09. The molecule has 2 nitrogen and oxygen atoms in total. The first-order valence-electron chi connectivity index (χ1n) is 5.22. The van der Waals surface area contributed by atoms with Crippen LogP contribution < -0.4 is 4.90 Å². The molecule has 17 heavy (non-hydrogen) atoms. The zero-order chi connectivity index (χ0) is 13.1. The Labute approximate surface area is 98.3 Å². The highest BCUT2D eigenvalue weighted by Gasteiger charge is 2.34. The first-order chi connectivity index (χ1) is 7.93. The maximum absolute atomic E-state index is 12.7. The molecule has 0 bridgehead atoms. The fraction of sp³-hybridized carbons (Fsp3) is 0.417. The lowest BCUT2D eigenvalue weighted by molar-refractivity contribution is -0.138. The molecule has 0 spiro atoms. The molecule has 0 atom stereocenters. The number of alkyl halides is 3. The summed E-state index contributed by atoms with van der Waals surface area (Å²) in [5, 5.41) is 8.64. The van der Waals surface area contributed by atoms with E-state index in [4.69, 9.17) is 5.26 Å². The molecule has 0 saturated heterocycles. The molecule has 0 amide bonds. The maximum Gasteiger partial charge on any atom is 0.418 e. The fourth-order valence-electron chi connectivity index (χ4n) is 1.55. The number of benzene rings is 1. The Kier molecular flexibility index (Phi) is 4.00. The van der Waals surface area contributed by atoms with Gasteiger partial charge in [-0.1, -0.05) is 0 Å². The number of hydrogen-bond donors (Lipinski definition) is 0. The van der Waals surface area contributed by atoms with Crippen molar-refractivity contribution in [3.63, 3.8) is 0 Å². The first-order valence-corrected chi connectivity index (χ1v) is 5.22. The number of halogens is 3. The van der Waals surface area contributed by atoms with Gasteiger partial charge in [0.1, 0.15) is 0 Å². The molecular formula is C12H12F3N2. The van der Waals surface area contributed by atoms with Gasteiger partial charge in [0, 0.05) is 24.8 Å². The van der Waals surface area contributed by atoms with E-state index < -0.39 is 17.3 Å². The summed E-state index contributed by atoms with van der Waals surface area (Å²) in [5.74, 6) is 0. The zero-order valence-electron chi connectivity index (χ0n) is 9.60. The third kappa shape index (κ3) is 2.90. The van der Waals surface area contributed by atoms with Crippen molar-refractivity contribution in [2.45, 2.75) is 20.0 Å². The molecule has 1 aromatic rings. The van der Waals surface area contributed by atoms with Gasteiger partial charge in [-0.25, -0.2) is 0 Å². The second-order valence-electron chi connectivity index (χ2n) is 3.41. The standard InChI is InChI=1S/C12H12F3N2/c1-3-17(4-2)10-6-5-9(8-16)11(7-10)12(13,14)15/h5-6H,3-4H2,1-2H3. The number of anilines is 1. The Morgan fingerprint density at radius 1 is 1.29 bits per heavy atom. The molecule has 1 radical (unpaired) electrons. The van der Waals surface area contributed by atoms with Crippen LogP contribution in [-0.2, 0) is 6.18 Å². The van der Waals surface area contributed by atoms with Gasteiger partial charge >= 0.3 is 6.18 Å². The fourth-order valence-corrected chi connectivity index (χ4v) is 1.55. The average Bonchev–Trinajstić information content (AvgIpc) is 2.29. The van der Waals surface area contributed by atoms with Crippen molar-refractivity contribution < 1.29 is 13.2 Å². The third-order valence-electron chi connectivity index (χ3n) is 2.44. The summed E-state index contributed by atoms with van der Waals surface area (Å²) in [7, 11) is 0. The molecule has 0 N–H and O–H groups in total. The van der Waals surface area contributed by atoms with E-state index in [1.807, 2.05) is 13.8 Å². The predicted octanol–water partition coefficient (Wildman–Crippen LogP) is 3.22. The Morgan fingerprint density at radius 3 is 2.29 bits per heavy atom. The molecule has 0 aliphatic heterocycles. The molecule has 0 saturated carbocycles. The Balaban J connectivity index is 3.28. The first kappa shape index (κ1) is 13.4. The summed E-state index contributed by atoms with van der Waals surface area (Å²) in [4.78, 5) is 1.75. The summed E-state index contributed by atoms with van der Waals surface area (Å²) in [6.45, 7) is 4.89. The maximum atomic E-state index is 12.7. The van der Waals surface area contributed by atoms with Crippen molar-refractivity contribution in [1.29, 1.82) is 5.26 Å². The lowest BCUT2D eigenvalue weighted by atomic mass is 10.1. The van der Waals surface area contributed by atoms with E-state index in [1.165, 1.54) is 18.2 Å². The van der Waals surface area contributed by atoms with Crippen molar-refractivity contribution in [2.75, 3.05) is 18.0 Å². The van der Waals surface area contributed by atoms with Crippen LogP contribution in [0.15, 0.2) is 12.1 Å². The van der Waals surface area contributed by atoms with Gasteiger partial charge in [-0.15, -0.1) is 0 Å². The minimum Gasteiger partial charge on any atom is -0.372 e. The summed E-state index contributed by atoms with van der Waals surface area (Å²) in [5.41, 5.74) is -1.03. The van der Waals surface area contributed by atoms with Crippen LogP contribution in [0.1, 0.15) is 25.0 Å². The highest BCUT2D eigenvalue weighted by Crippen LogP contribution is 2.33. The van der Waals surface area contributed by atoms with E-state index in [1.54, 1.807) is 4.90 Å². The Morgan fingerprint density at radius 2 is 1.88 bits per heavy atom. The smallest absolute Gasteiger partial charge is 0.372 e. The SMILES string of the molecule is CCN(CC)c1[c]c(C(F)(F)F)c(C#N)cc1. The quantitative estimate of drug-likeness (QED) is 0.812. The number of nitriles is 1. The van der Waals surface area contributed by atoms with Crippen molar-refractivity contribution in [3.05, 3.63) is 29.3 Å². The monoisotopic (exact) mass is 241 g/mol. The zero-order valence-corrected chi connectivity index (χ0v) is 9.60. The van der Waals surface area contributed by atoms with E-state index >= 15 is 0 Å².